The van der Waals surface area contributed by atoms with Gasteiger partial charge in [0.1, 0.15) is 5.69 Å². The van der Waals surface area contributed by atoms with Gasteiger partial charge in [0.15, 0.2) is 0 Å². The number of amides is 1. The highest BCUT2D eigenvalue weighted by atomic mass is 32.2. The molecule has 2 N–H and O–H groups in total. The first-order chi connectivity index (χ1) is 20.5. The van der Waals surface area contributed by atoms with E-state index in [0.29, 0.717) is 23.3 Å². The summed E-state index contributed by atoms with van der Waals surface area (Å²) in [6.45, 7) is 5.27. The summed E-state index contributed by atoms with van der Waals surface area (Å²) in [5, 5.41) is 12.7. The molecule has 4 aromatic rings. The summed E-state index contributed by atoms with van der Waals surface area (Å²) < 4.78 is 7.91. The van der Waals surface area contributed by atoms with E-state index in [1.807, 2.05) is 6.07 Å². The standard InChI is InChI=1S/C34H40N4O3S/c1-3-36(2)20-27-24-11-7-12-26-30(24)38(32(27)33(39)35-42-23-14-15-23)18-8-17-37-28-19-22(34(40)41)13-16-25(28)29(31(26)37)21-9-5-4-6-10-21/h7,11-13,16,19,21,23H,3-6,8-10,14-15,17-18,20H2,1-2H3,(H,35,39)(H,40,41). The van der Waals surface area contributed by atoms with Gasteiger partial charge < -0.3 is 19.1 Å². The first-order valence-corrected chi connectivity index (χ1v) is 16.5. The minimum absolute atomic E-state index is 0.00766. The molecule has 3 heterocycles. The number of rotatable bonds is 8. The fraction of sp³-hybridized carbons (Fsp3) is 0.471. The van der Waals surface area contributed by atoms with Crippen molar-refractivity contribution < 1.29 is 14.7 Å². The minimum Gasteiger partial charge on any atom is -0.478 e. The zero-order valence-corrected chi connectivity index (χ0v) is 25.4. The Bertz CT molecular complexity index is 1690. The van der Waals surface area contributed by atoms with Crippen LogP contribution < -0.4 is 4.72 Å². The fourth-order valence-corrected chi connectivity index (χ4v) is 8.03. The van der Waals surface area contributed by atoms with Gasteiger partial charge in [0.2, 0.25) is 0 Å². The second kappa shape index (κ2) is 11.1. The van der Waals surface area contributed by atoms with Crippen molar-refractivity contribution in [3.8, 4) is 11.3 Å². The quantitative estimate of drug-likeness (QED) is 0.211. The van der Waals surface area contributed by atoms with Crippen LogP contribution in [-0.2, 0) is 19.6 Å². The molecule has 8 heteroatoms. The van der Waals surface area contributed by atoms with Crippen molar-refractivity contribution in [3.63, 3.8) is 0 Å². The van der Waals surface area contributed by atoms with Gasteiger partial charge in [-0.25, -0.2) is 4.79 Å². The lowest BCUT2D eigenvalue weighted by atomic mass is 9.81. The van der Waals surface area contributed by atoms with Crippen molar-refractivity contribution in [2.24, 2.45) is 0 Å². The molecule has 2 saturated carbocycles. The number of carboxylic acid groups (broad SMARTS) is 1. The summed E-state index contributed by atoms with van der Waals surface area (Å²) in [6.07, 6.45) is 9.23. The number of aryl methyl sites for hydroxylation is 2. The van der Waals surface area contributed by atoms with E-state index in [0.717, 1.165) is 72.1 Å². The number of hydrogen-bond donors (Lipinski definition) is 2. The second-order valence-electron chi connectivity index (χ2n) is 12.4. The molecule has 0 radical (unpaired) electrons. The molecular weight excluding hydrogens is 544 g/mol. The van der Waals surface area contributed by atoms with Crippen LogP contribution in [0.3, 0.4) is 0 Å². The Hall–Kier alpha value is -3.23. The third kappa shape index (κ3) is 4.73. The van der Waals surface area contributed by atoms with Crippen LogP contribution in [0.5, 0.6) is 0 Å². The molecule has 0 atom stereocenters. The van der Waals surface area contributed by atoms with Gasteiger partial charge in [-0.05, 0) is 81.3 Å². The van der Waals surface area contributed by atoms with Gasteiger partial charge >= 0.3 is 5.97 Å². The SMILES string of the molecule is CCN(C)Cc1c(C(=O)NSC2CC2)n2c3c(cccc13)-c1c(C3CCCCC3)c3ccc(C(=O)O)cc3n1CCC2. The maximum absolute atomic E-state index is 13.9. The zero-order valence-electron chi connectivity index (χ0n) is 24.6. The van der Waals surface area contributed by atoms with E-state index in [1.54, 1.807) is 18.0 Å². The molecular formula is C34H40N4O3S. The molecule has 0 unspecified atom stereocenters. The number of para-hydroxylation sites is 1. The molecule has 7 nitrogen and oxygen atoms in total. The van der Waals surface area contributed by atoms with E-state index < -0.39 is 5.97 Å². The number of carboxylic acids is 1. The van der Waals surface area contributed by atoms with Gasteiger partial charge in [-0.1, -0.05) is 50.5 Å². The highest BCUT2D eigenvalue weighted by molar-refractivity contribution is 7.98. The average Bonchev–Trinajstić information content (AvgIpc) is 3.71. The number of carbonyl (C=O) groups is 2. The van der Waals surface area contributed by atoms with Crippen LogP contribution in [0.1, 0.15) is 96.2 Å². The molecule has 2 aliphatic carbocycles. The smallest absolute Gasteiger partial charge is 0.335 e. The molecule has 220 valence electrons. The van der Waals surface area contributed by atoms with Crippen molar-refractivity contribution in [1.82, 2.24) is 18.8 Å². The zero-order chi connectivity index (χ0) is 29.0. The first kappa shape index (κ1) is 27.6. The summed E-state index contributed by atoms with van der Waals surface area (Å²) in [7, 11) is 2.12. The van der Waals surface area contributed by atoms with Gasteiger partial charge in [0, 0.05) is 52.3 Å². The van der Waals surface area contributed by atoms with Crippen molar-refractivity contribution in [2.45, 2.75) is 89.1 Å². The van der Waals surface area contributed by atoms with Crippen molar-refractivity contribution in [2.75, 3.05) is 13.6 Å². The Kier molecular flexibility index (Phi) is 7.31. The summed E-state index contributed by atoms with van der Waals surface area (Å²) >= 11 is 1.58. The van der Waals surface area contributed by atoms with Gasteiger partial charge in [0.05, 0.1) is 16.8 Å². The fourth-order valence-electron chi connectivity index (χ4n) is 7.29. The van der Waals surface area contributed by atoms with Crippen molar-refractivity contribution >= 4 is 45.6 Å². The van der Waals surface area contributed by atoms with E-state index in [1.165, 1.54) is 48.7 Å². The summed E-state index contributed by atoms with van der Waals surface area (Å²) in [5.74, 6) is -0.444. The maximum Gasteiger partial charge on any atom is 0.335 e. The topological polar surface area (TPSA) is 79.5 Å². The van der Waals surface area contributed by atoms with Crippen LogP contribution in [0.15, 0.2) is 36.4 Å². The number of benzene rings is 2. The van der Waals surface area contributed by atoms with E-state index in [9.17, 15) is 14.7 Å². The van der Waals surface area contributed by atoms with Crippen LogP contribution in [0, 0.1) is 0 Å². The lowest BCUT2D eigenvalue weighted by Crippen LogP contribution is -2.25. The molecule has 0 bridgehead atoms. The minimum atomic E-state index is -0.891. The Morgan fingerprint density at radius 3 is 2.52 bits per heavy atom. The van der Waals surface area contributed by atoms with Crippen LogP contribution in [0.2, 0.25) is 0 Å². The molecule has 3 aliphatic rings. The van der Waals surface area contributed by atoms with Gasteiger partial charge in [0.25, 0.3) is 5.91 Å². The highest BCUT2D eigenvalue weighted by Crippen LogP contribution is 2.47. The third-order valence-corrected chi connectivity index (χ3v) is 10.7. The predicted octanol–water partition coefficient (Wildman–Crippen LogP) is 7.40. The average molecular weight is 585 g/mol. The maximum atomic E-state index is 13.9. The monoisotopic (exact) mass is 584 g/mol. The number of fused-ring (bicyclic) bond motifs is 4. The Labute approximate surface area is 251 Å². The number of nitrogens with zero attached hydrogens (tertiary/aromatic N) is 3. The molecule has 42 heavy (non-hydrogen) atoms. The largest absolute Gasteiger partial charge is 0.478 e. The lowest BCUT2D eigenvalue weighted by Gasteiger charge is -2.25. The molecule has 0 spiro atoms. The highest BCUT2D eigenvalue weighted by Gasteiger charge is 2.33. The summed E-state index contributed by atoms with van der Waals surface area (Å²) in [4.78, 5) is 28.2. The normalized spacial score (nSPS) is 17.4. The molecule has 2 aromatic carbocycles. The molecule has 1 aliphatic heterocycles. The first-order valence-electron chi connectivity index (χ1n) is 15.6. The van der Waals surface area contributed by atoms with Crippen molar-refractivity contribution in [1.29, 1.82) is 0 Å². The van der Waals surface area contributed by atoms with E-state index in [-0.39, 0.29) is 5.91 Å². The number of nitrogens with one attached hydrogen (secondary N) is 1. The third-order valence-electron chi connectivity index (χ3n) is 9.60. The molecule has 7 rings (SSSR count). The number of hydrogen-bond acceptors (Lipinski definition) is 4. The number of aromatic carboxylic acids is 1. The van der Waals surface area contributed by atoms with Crippen LogP contribution in [-0.4, -0.2) is 49.9 Å². The van der Waals surface area contributed by atoms with Crippen LogP contribution in [0.4, 0.5) is 0 Å². The van der Waals surface area contributed by atoms with Crippen LogP contribution >= 0.6 is 11.9 Å². The summed E-state index contributed by atoms with van der Waals surface area (Å²) in [5.41, 5.74) is 8.13. The summed E-state index contributed by atoms with van der Waals surface area (Å²) in [6, 6.07) is 12.3. The van der Waals surface area contributed by atoms with Gasteiger partial charge in [-0.15, -0.1) is 0 Å². The molecule has 0 saturated heterocycles. The van der Waals surface area contributed by atoms with E-state index in [2.05, 4.69) is 57.0 Å². The lowest BCUT2D eigenvalue weighted by molar-refractivity contribution is 0.0696. The van der Waals surface area contributed by atoms with E-state index in [4.69, 9.17) is 0 Å². The predicted molar refractivity (Wildman–Crippen MR) is 170 cm³/mol. The Morgan fingerprint density at radius 1 is 1.00 bits per heavy atom. The number of aromatic nitrogens is 2. The molecule has 2 aromatic heterocycles. The van der Waals surface area contributed by atoms with E-state index >= 15 is 0 Å². The Balaban J connectivity index is 1.51. The molecule has 2 fully saturated rings. The Morgan fingerprint density at radius 2 is 1.79 bits per heavy atom. The second-order valence-corrected chi connectivity index (χ2v) is 13.5. The number of carbonyl (C=O) groups excluding carboxylic acids is 1. The van der Waals surface area contributed by atoms with Gasteiger partial charge in [-0.2, -0.15) is 0 Å². The van der Waals surface area contributed by atoms with Crippen LogP contribution in [0.25, 0.3) is 33.1 Å². The van der Waals surface area contributed by atoms with Gasteiger partial charge in [-0.3, -0.25) is 9.52 Å². The van der Waals surface area contributed by atoms with Crippen molar-refractivity contribution in [3.05, 3.63) is 58.8 Å². The molecule has 1 amide bonds.